The standard InChI is InChI=1S/C17H30N4O/c1-6-9-12-20(5)17(22)15-13-16(19-14(4)18-15)21(10-7-2)11-8-3/h13H,6-12H2,1-5H3. The molecule has 0 N–H and O–H groups in total. The smallest absolute Gasteiger partial charge is 0.272 e. The van der Waals surface area contributed by atoms with Gasteiger partial charge in [0.1, 0.15) is 17.3 Å². The predicted molar refractivity (Wildman–Crippen MR) is 91.4 cm³/mol. The number of carbonyl (C=O) groups excluding carboxylic acids is 1. The number of rotatable bonds is 9. The first-order chi connectivity index (χ1) is 10.5. The van der Waals surface area contributed by atoms with Gasteiger partial charge in [-0.15, -0.1) is 0 Å². The van der Waals surface area contributed by atoms with E-state index in [0.29, 0.717) is 11.5 Å². The number of nitrogens with zero attached hydrogens (tertiary/aromatic N) is 4. The molecule has 0 aliphatic carbocycles. The second-order valence-corrected chi connectivity index (χ2v) is 5.73. The molecular formula is C17H30N4O. The fraction of sp³-hybridized carbons (Fsp3) is 0.706. The molecule has 1 rings (SSSR count). The molecule has 0 aliphatic heterocycles. The lowest BCUT2D eigenvalue weighted by Gasteiger charge is -2.24. The molecule has 1 aromatic heterocycles. The van der Waals surface area contributed by atoms with E-state index < -0.39 is 0 Å². The van der Waals surface area contributed by atoms with Gasteiger partial charge in [0.2, 0.25) is 0 Å². The van der Waals surface area contributed by atoms with Crippen molar-refractivity contribution in [3.8, 4) is 0 Å². The summed E-state index contributed by atoms with van der Waals surface area (Å²) in [5, 5.41) is 0. The van der Waals surface area contributed by atoms with Gasteiger partial charge in [-0.05, 0) is 26.2 Å². The van der Waals surface area contributed by atoms with E-state index >= 15 is 0 Å². The number of unbranched alkanes of at least 4 members (excludes halogenated alkanes) is 1. The molecule has 1 heterocycles. The molecule has 0 unspecified atom stereocenters. The highest BCUT2D eigenvalue weighted by atomic mass is 16.2. The molecule has 0 saturated carbocycles. The lowest BCUT2D eigenvalue weighted by atomic mass is 10.2. The summed E-state index contributed by atoms with van der Waals surface area (Å²) in [7, 11) is 1.84. The van der Waals surface area contributed by atoms with Crippen molar-refractivity contribution in [1.82, 2.24) is 14.9 Å². The Morgan fingerprint density at radius 2 is 1.68 bits per heavy atom. The maximum absolute atomic E-state index is 12.5. The van der Waals surface area contributed by atoms with Crippen LogP contribution in [-0.4, -0.2) is 47.5 Å². The van der Waals surface area contributed by atoms with Crippen molar-refractivity contribution in [2.45, 2.75) is 53.4 Å². The van der Waals surface area contributed by atoms with Crippen LogP contribution in [0.3, 0.4) is 0 Å². The molecular weight excluding hydrogens is 276 g/mol. The summed E-state index contributed by atoms with van der Waals surface area (Å²) in [5.41, 5.74) is 0.498. The van der Waals surface area contributed by atoms with Crippen molar-refractivity contribution in [1.29, 1.82) is 0 Å². The van der Waals surface area contributed by atoms with E-state index in [1.54, 1.807) is 4.90 Å². The number of carbonyl (C=O) groups is 1. The molecule has 5 nitrogen and oxygen atoms in total. The third-order valence-electron chi connectivity index (χ3n) is 3.55. The molecule has 0 aromatic carbocycles. The predicted octanol–water partition coefficient (Wildman–Crippen LogP) is 3.28. The van der Waals surface area contributed by atoms with Crippen molar-refractivity contribution >= 4 is 11.7 Å². The van der Waals surface area contributed by atoms with Crippen molar-refractivity contribution in [3.05, 3.63) is 17.6 Å². The minimum Gasteiger partial charge on any atom is -0.357 e. The molecule has 0 spiro atoms. The average Bonchev–Trinajstić information content (AvgIpc) is 2.51. The van der Waals surface area contributed by atoms with Crippen LogP contribution >= 0.6 is 0 Å². The Labute approximate surface area is 134 Å². The van der Waals surface area contributed by atoms with Crippen LogP contribution in [0.1, 0.15) is 62.8 Å². The normalized spacial score (nSPS) is 10.6. The van der Waals surface area contributed by atoms with Crippen molar-refractivity contribution < 1.29 is 4.79 Å². The molecule has 0 aliphatic rings. The van der Waals surface area contributed by atoms with Crippen LogP contribution in [0.2, 0.25) is 0 Å². The summed E-state index contributed by atoms with van der Waals surface area (Å²) in [5.74, 6) is 1.50. The van der Waals surface area contributed by atoms with Gasteiger partial charge in [0.05, 0.1) is 0 Å². The zero-order valence-corrected chi connectivity index (χ0v) is 14.7. The average molecular weight is 306 g/mol. The number of aryl methyl sites for hydroxylation is 1. The molecule has 0 saturated heterocycles. The van der Waals surface area contributed by atoms with Gasteiger partial charge in [-0.2, -0.15) is 0 Å². The molecule has 0 bridgehead atoms. The van der Waals surface area contributed by atoms with Gasteiger partial charge >= 0.3 is 0 Å². The van der Waals surface area contributed by atoms with Crippen molar-refractivity contribution in [2.75, 3.05) is 31.6 Å². The third kappa shape index (κ3) is 5.28. The Balaban J connectivity index is 2.99. The van der Waals surface area contributed by atoms with Crippen LogP contribution in [0.15, 0.2) is 6.07 Å². The number of hydrogen-bond acceptors (Lipinski definition) is 4. The largest absolute Gasteiger partial charge is 0.357 e. The van der Waals surface area contributed by atoms with E-state index in [4.69, 9.17) is 0 Å². The Morgan fingerprint density at radius 1 is 1.05 bits per heavy atom. The lowest BCUT2D eigenvalue weighted by molar-refractivity contribution is 0.0787. The Bertz CT molecular complexity index is 470. The quantitative estimate of drug-likeness (QED) is 0.702. The summed E-state index contributed by atoms with van der Waals surface area (Å²) < 4.78 is 0. The molecule has 0 atom stereocenters. The molecule has 0 radical (unpaired) electrons. The van der Waals surface area contributed by atoms with Gasteiger partial charge in [-0.1, -0.05) is 27.2 Å². The van der Waals surface area contributed by atoms with E-state index in [-0.39, 0.29) is 5.91 Å². The first-order valence-electron chi connectivity index (χ1n) is 8.39. The topological polar surface area (TPSA) is 49.3 Å². The van der Waals surface area contributed by atoms with E-state index in [1.807, 2.05) is 20.0 Å². The van der Waals surface area contributed by atoms with Crippen LogP contribution in [0.5, 0.6) is 0 Å². The summed E-state index contributed by atoms with van der Waals surface area (Å²) in [6.07, 6.45) is 4.20. The fourth-order valence-electron chi connectivity index (χ4n) is 2.40. The molecule has 0 fully saturated rings. The van der Waals surface area contributed by atoms with Crippen LogP contribution < -0.4 is 4.90 Å². The fourth-order valence-corrected chi connectivity index (χ4v) is 2.40. The van der Waals surface area contributed by atoms with E-state index in [0.717, 1.165) is 51.1 Å². The number of amides is 1. The zero-order chi connectivity index (χ0) is 16.5. The highest BCUT2D eigenvalue weighted by Gasteiger charge is 2.17. The van der Waals surface area contributed by atoms with Gasteiger partial charge in [-0.3, -0.25) is 4.79 Å². The maximum atomic E-state index is 12.5. The lowest BCUT2D eigenvalue weighted by Crippen LogP contribution is -2.30. The Morgan fingerprint density at radius 3 is 2.23 bits per heavy atom. The number of hydrogen-bond donors (Lipinski definition) is 0. The monoisotopic (exact) mass is 306 g/mol. The highest BCUT2D eigenvalue weighted by molar-refractivity contribution is 5.92. The summed E-state index contributed by atoms with van der Waals surface area (Å²) in [4.78, 5) is 25.3. The van der Waals surface area contributed by atoms with Gasteiger partial charge < -0.3 is 9.80 Å². The first-order valence-corrected chi connectivity index (χ1v) is 8.39. The van der Waals surface area contributed by atoms with Crippen LogP contribution in [0.25, 0.3) is 0 Å². The minimum absolute atomic E-state index is 0.0202. The zero-order valence-electron chi connectivity index (χ0n) is 14.7. The van der Waals surface area contributed by atoms with Crippen LogP contribution in [0.4, 0.5) is 5.82 Å². The molecule has 124 valence electrons. The van der Waals surface area contributed by atoms with Crippen molar-refractivity contribution in [2.24, 2.45) is 0 Å². The number of anilines is 1. The third-order valence-corrected chi connectivity index (χ3v) is 3.55. The highest BCUT2D eigenvalue weighted by Crippen LogP contribution is 2.15. The summed E-state index contributed by atoms with van der Waals surface area (Å²) >= 11 is 0. The minimum atomic E-state index is -0.0202. The van der Waals surface area contributed by atoms with Gasteiger partial charge in [0, 0.05) is 32.7 Å². The molecule has 1 aromatic rings. The molecule has 1 amide bonds. The van der Waals surface area contributed by atoms with E-state index in [9.17, 15) is 4.79 Å². The van der Waals surface area contributed by atoms with Gasteiger partial charge in [-0.25, -0.2) is 9.97 Å². The number of aromatic nitrogens is 2. The molecule has 5 heteroatoms. The van der Waals surface area contributed by atoms with E-state index in [1.165, 1.54) is 0 Å². The summed E-state index contributed by atoms with van der Waals surface area (Å²) in [6, 6.07) is 1.84. The Hall–Kier alpha value is -1.65. The second-order valence-electron chi connectivity index (χ2n) is 5.73. The Kier molecular flexibility index (Phi) is 7.85. The van der Waals surface area contributed by atoms with Crippen LogP contribution in [0, 0.1) is 6.92 Å². The second kappa shape index (κ2) is 9.38. The SMILES string of the molecule is CCCCN(C)C(=O)c1cc(N(CCC)CCC)nc(C)n1. The maximum Gasteiger partial charge on any atom is 0.272 e. The van der Waals surface area contributed by atoms with Crippen molar-refractivity contribution in [3.63, 3.8) is 0 Å². The molecule has 22 heavy (non-hydrogen) atoms. The van der Waals surface area contributed by atoms with Gasteiger partial charge in [0.15, 0.2) is 0 Å². The van der Waals surface area contributed by atoms with E-state index in [2.05, 4.69) is 35.6 Å². The van der Waals surface area contributed by atoms with Gasteiger partial charge in [0.25, 0.3) is 5.91 Å². The van der Waals surface area contributed by atoms with Crippen LogP contribution in [-0.2, 0) is 0 Å². The summed E-state index contributed by atoms with van der Waals surface area (Å²) in [6.45, 7) is 10.9. The first kappa shape index (κ1) is 18.4.